The molecule has 0 saturated carbocycles. The van der Waals surface area contributed by atoms with Crippen LogP contribution in [0, 0.1) is 0 Å². The molecule has 2 heterocycles. The lowest BCUT2D eigenvalue weighted by molar-refractivity contribution is -0.399. The third-order valence-electron chi connectivity index (χ3n) is 3.15. The van der Waals surface area contributed by atoms with Gasteiger partial charge in [0.15, 0.2) is 0 Å². The Morgan fingerprint density at radius 3 is 2.50 bits per heavy atom. The average Bonchev–Trinajstić information content (AvgIpc) is 3.02. The Morgan fingerprint density at radius 1 is 1.20 bits per heavy atom. The van der Waals surface area contributed by atoms with E-state index in [1.807, 2.05) is 12.1 Å². The first-order valence-electron chi connectivity index (χ1n) is 5.75. The molecule has 1 saturated heterocycles. The van der Waals surface area contributed by atoms with Crippen LogP contribution in [-0.4, -0.2) is 26.2 Å². The molecule has 2 aliphatic heterocycles. The quantitative estimate of drug-likeness (QED) is 0.618. The number of methoxy groups -OCH3 is 2. The predicted octanol–water partition coefficient (Wildman–Crippen LogP) is 1.99. The Bertz CT molecular complexity index is 583. The molecule has 2 bridgehead atoms. The Kier molecular flexibility index (Phi) is 3.19. The van der Waals surface area contributed by atoms with E-state index >= 15 is 0 Å². The number of hydrogen-bond donors (Lipinski definition) is 0. The van der Waals surface area contributed by atoms with Crippen molar-refractivity contribution in [1.29, 1.82) is 0 Å². The van der Waals surface area contributed by atoms with Crippen LogP contribution in [0.3, 0.4) is 0 Å². The predicted molar refractivity (Wildman–Crippen MR) is 68.9 cm³/mol. The summed E-state index contributed by atoms with van der Waals surface area (Å²) in [5.41, 5.74) is 0.773. The van der Waals surface area contributed by atoms with Crippen LogP contribution >= 0.6 is 15.9 Å². The van der Waals surface area contributed by atoms with Crippen LogP contribution in [0.4, 0.5) is 0 Å². The maximum absolute atomic E-state index is 11.8. The van der Waals surface area contributed by atoms with Gasteiger partial charge in [-0.1, -0.05) is 28.1 Å². The minimum absolute atomic E-state index is 0.108. The van der Waals surface area contributed by atoms with E-state index in [1.54, 1.807) is 12.1 Å². The molecule has 2 atom stereocenters. The Labute approximate surface area is 123 Å². The van der Waals surface area contributed by atoms with Gasteiger partial charge in [0.2, 0.25) is 0 Å². The van der Waals surface area contributed by atoms with E-state index in [0.717, 1.165) is 4.47 Å². The average molecular weight is 343 g/mol. The highest BCUT2D eigenvalue weighted by molar-refractivity contribution is 9.10. The number of benzene rings is 1. The summed E-state index contributed by atoms with van der Waals surface area (Å²) in [6, 6.07) is 7.23. The van der Waals surface area contributed by atoms with Crippen molar-refractivity contribution in [3.63, 3.8) is 0 Å². The summed E-state index contributed by atoms with van der Waals surface area (Å²) < 4.78 is 16.4. The van der Waals surface area contributed by atoms with Crippen molar-refractivity contribution in [2.75, 3.05) is 14.2 Å². The first-order valence-corrected chi connectivity index (χ1v) is 6.54. The molecule has 7 heteroatoms. The fourth-order valence-corrected chi connectivity index (χ4v) is 2.40. The molecule has 0 amide bonds. The summed E-state index contributed by atoms with van der Waals surface area (Å²) >= 11 is 3.35. The molecule has 1 aromatic carbocycles. The van der Waals surface area contributed by atoms with Gasteiger partial charge in [-0.2, -0.15) is 9.78 Å². The highest BCUT2D eigenvalue weighted by Crippen LogP contribution is 2.52. The minimum Gasteiger partial charge on any atom is -0.465 e. The van der Waals surface area contributed by atoms with E-state index in [4.69, 9.17) is 24.0 Å². The van der Waals surface area contributed by atoms with Gasteiger partial charge >= 0.3 is 11.9 Å². The molecule has 0 N–H and O–H groups in total. The van der Waals surface area contributed by atoms with Gasteiger partial charge in [-0.3, -0.25) is 4.74 Å². The van der Waals surface area contributed by atoms with Crippen LogP contribution in [0.15, 0.2) is 40.4 Å². The molecule has 0 aliphatic carbocycles. The van der Waals surface area contributed by atoms with Crippen molar-refractivity contribution in [2.24, 2.45) is 0 Å². The van der Waals surface area contributed by atoms with Crippen molar-refractivity contribution in [3.8, 4) is 0 Å². The number of ether oxygens (including phenoxy) is 3. The van der Waals surface area contributed by atoms with Crippen LogP contribution < -0.4 is 0 Å². The first-order chi connectivity index (χ1) is 9.55. The first kappa shape index (κ1) is 13.7. The molecule has 0 radical (unpaired) electrons. The van der Waals surface area contributed by atoms with E-state index in [0.29, 0.717) is 5.56 Å². The molecule has 3 rings (SSSR count). The molecular weight excluding hydrogens is 332 g/mol. The Hall–Kier alpha value is -1.25. The number of carbonyl (C=O) groups is 1. The number of carbonyl (C=O) groups excluding carboxylic acids is 1. The molecule has 0 aromatic heterocycles. The van der Waals surface area contributed by atoms with Gasteiger partial charge in [0, 0.05) is 23.2 Å². The SMILES string of the molecule is COC(=O)C1=C[C@@]2(c3ccc(Br)cc3)OO[C@]1(OC)O2. The van der Waals surface area contributed by atoms with Crippen molar-refractivity contribution in [3.05, 3.63) is 46.0 Å². The Balaban J connectivity index is 2.06. The zero-order valence-corrected chi connectivity index (χ0v) is 12.3. The Morgan fingerprint density at radius 2 is 1.90 bits per heavy atom. The molecule has 2 aliphatic rings. The van der Waals surface area contributed by atoms with Gasteiger partial charge in [0.05, 0.1) is 7.11 Å². The highest BCUT2D eigenvalue weighted by Gasteiger charge is 2.64. The summed E-state index contributed by atoms with van der Waals surface area (Å²) in [5.74, 6) is -3.62. The van der Waals surface area contributed by atoms with Gasteiger partial charge in [-0.25, -0.2) is 4.79 Å². The summed E-state index contributed by atoms with van der Waals surface area (Å²) in [6.07, 6.45) is 1.50. The molecule has 1 fully saturated rings. The second-order valence-electron chi connectivity index (χ2n) is 4.25. The zero-order valence-electron chi connectivity index (χ0n) is 10.7. The van der Waals surface area contributed by atoms with E-state index in [1.165, 1.54) is 20.3 Å². The lowest BCUT2D eigenvalue weighted by atomic mass is 10.0. The molecule has 0 spiro atoms. The second-order valence-corrected chi connectivity index (χ2v) is 5.17. The van der Waals surface area contributed by atoms with E-state index < -0.39 is 17.7 Å². The van der Waals surface area contributed by atoms with E-state index in [-0.39, 0.29) is 5.57 Å². The van der Waals surface area contributed by atoms with Crippen LogP contribution in [0.1, 0.15) is 5.56 Å². The lowest BCUT2D eigenvalue weighted by Gasteiger charge is -2.20. The lowest BCUT2D eigenvalue weighted by Crippen LogP contribution is -2.36. The second kappa shape index (κ2) is 4.64. The van der Waals surface area contributed by atoms with Crippen LogP contribution in [0.5, 0.6) is 0 Å². The van der Waals surface area contributed by atoms with Crippen molar-refractivity contribution < 1.29 is 28.8 Å². The number of fused-ring (bicyclic) bond motifs is 2. The standard InChI is InChI=1S/C13H11BrO6/c1-16-11(15)10-7-12(8-3-5-9(14)6-4-8)18-13(10,17-2)20-19-12/h3-7H,1-2H3/t12-,13+/m0/s1. The third kappa shape index (κ3) is 1.82. The number of rotatable bonds is 3. The van der Waals surface area contributed by atoms with Gasteiger partial charge in [0.1, 0.15) is 5.57 Å². The summed E-state index contributed by atoms with van der Waals surface area (Å²) in [5, 5.41) is 0. The molecule has 106 valence electrons. The maximum Gasteiger partial charge on any atom is 0.350 e. The smallest absolute Gasteiger partial charge is 0.350 e. The maximum atomic E-state index is 11.8. The molecular formula is C13H11BrO6. The van der Waals surface area contributed by atoms with Crippen molar-refractivity contribution >= 4 is 21.9 Å². The van der Waals surface area contributed by atoms with Crippen LogP contribution in [-0.2, 0) is 34.6 Å². The van der Waals surface area contributed by atoms with Crippen LogP contribution in [0.2, 0.25) is 0 Å². The fourth-order valence-electron chi connectivity index (χ4n) is 2.13. The zero-order chi connectivity index (χ0) is 14.4. The van der Waals surface area contributed by atoms with E-state index in [2.05, 4.69) is 15.9 Å². The fraction of sp³-hybridized carbons (Fsp3) is 0.308. The normalized spacial score (nSPS) is 31.2. The molecule has 20 heavy (non-hydrogen) atoms. The van der Waals surface area contributed by atoms with Crippen molar-refractivity contribution in [1.82, 2.24) is 0 Å². The van der Waals surface area contributed by atoms with Gasteiger partial charge in [-0.15, -0.1) is 0 Å². The summed E-state index contributed by atoms with van der Waals surface area (Å²) in [4.78, 5) is 22.1. The third-order valence-corrected chi connectivity index (χ3v) is 3.67. The van der Waals surface area contributed by atoms with Gasteiger partial charge in [-0.05, 0) is 12.1 Å². The van der Waals surface area contributed by atoms with Crippen molar-refractivity contribution in [2.45, 2.75) is 11.8 Å². The van der Waals surface area contributed by atoms with Gasteiger partial charge < -0.3 is 9.47 Å². The topological polar surface area (TPSA) is 63.2 Å². The number of halogens is 1. The number of esters is 1. The summed E-state index contributed by atoms with van der Waals surface area (Å²) in [7, 11) is 2.62. The van der Waals surface area contributed by atoms with Gasteiger partial charge in [0.25, 0.3) is 5.79 Å². The molecule has 6 nitrogen and oxygen atoms in total. The minimum atomic E-state index is -1.69. The summed E-state index contributed by atoms with van der Waals surface area (Å²) in [6.45, 7) is 0. The molecule has 0 unspecified atom stereocenters. The van der Waals surface area contributed by atoms with Crippen LogP contribution in [0.25, 0.3) is 0 Å². The largest absolute Gasteiger partial charge is 0.465 e. The monoisotopic (exact) mass is 342 g/mol. The van der Waals surface area contributed by atoms with E-state index in [9.17, 15) is 4.79 Å². The number of hydrogen-bond acceptors (Lipinski definition) is 6. The molecule has 1 aromatic rings. The highest BCUT2D eigenvalue weighted by atomic mass is 79.9.